The second-order valence-electron chi connectivity index (χ2n) is 14.1. The van der Waals surface area contributed by atoms with Gasteiger partial charge in [-0.15, -0.1) is 0 Å². The molecule has 1 aliphatic heterocycles. The molecule has 0 bridgehead atoms. The molecule has 0 aromatic heterocycles. The van der Waals surface area contributed by atoms with Gasteiger partial charge in [0.15, 0.2) is 0 Å². The van der Waals surface area contributed by atoms with E-state index in [2.05, 4.69) is 177 Å². The molecule has 3 unspecified atom stereocenters. The number of rotatable bonds is 4. The molecule has 0 spiro atoms. The summed E-state index contributed by atoms with van der Waals surface area (Å²) in [4.78, 5) is 7.53. The second kappa shape index (κ2) is 11.2. The summed E-state index contributed by atoms with van der Waals surface area (Å²) >= 11 is 0. The monoisotopic (exact) mass is 621 g/mol. The highest BCUT2D eigenvalue weighted by atomic mass is 15.4. The summed E-state index contributed by atoms with van der Waals surface area (Å²) in [6.07, 6.45) is 0.873. The zero-order valence-electron chi connectivity index (χ0n) is 27.7. The summed E-state index contributed by atoms with van der Waals surface area (Å²) in [6, 6.07) is 53.5. The third kappa shape index (κ3) is 4.57. The molecule has 234 valence electrons. The first kappa shape index (κ1) is 28.9. The predicted octanol–water partition coefficient (Wildman–Crippen LogP) is 10.0. The zero-order valence-corrected chi connectivity index (χ0v) is 27.7. The van der Waals surface area contributed by atoms with Crippen LogP contribution in [0.2, 0.25) is 0 Å². The summed E-state index contributed by atoms with van der Waals surface area (Å²) in [6.45, 7) is 4.75. The van der Waals surface area contributed by atoms with E-state index in [-0.39, 0.29) is 17.7 Å². The number of benzene rings is 6. The average Bonchev–Trinajstić information content (AvgIpc) is 3.36. The Morgan fingerprint density at radius 1 is 0.604 bits per heavy atom. The fraction of sp³-hybridized carbons (Fsp3) is 0.178. The highest BCUT2D eigenvalue weighted by Gasteiger charge is 2.38. The third-order valence-corrected chi connectivity index (χ3v) is 11.0. The van der Waals surface area contributed by atoms with Crippen molar-refractivity contribution in [1.29, 1.82) is 0 Å². The number of nitrogens with one attached hydrogen (secondary N) is 1. The van der Waals surface area contributed by atoms with E-state index in [9.17, 15) is 0 Å². The number of hydrogen-bond acceptors (Lipinski definition) is 3. The van der Waals surface area contributed by atoms with E-state index in [0.717, 1.165) is 17.8 Å². The molecule has 1 N–H and O–H groups in total. The number of nitrogens with zero attached hydrogens (tertiary/aromatic N) is 2. The first-order valence-corrected chi connectivity index (χ1v) is 17.1. The standard InChI is InChI=1S/C45H39N3/c1-45(2)40-21-13-12-20-36(40)39-27-33-26-37(34-18-10-11-19-35(34)38(33)28-41(39)45)29-22-24-32(25-23-29)44-47-42(30-14-6-4-7-15-30)46-43(48(44)3)31-16-8-5-9-17-31/h4-25,27-28,37,43-44H,26H2,1-3H3,(H,46,47). The number of hydrogen-bond donors (Lipinski definition) is 1. The molecule has 3 nitrogen and oxygen atoms in total. The summed E-state index contributed by atoms with van der Waals surface area (Å²) in [7, 11) is 2.17. The average molecular weight is 622 g/mol. The molecule has 0 amide bonds. The Hall–Kier alpha value is -5.25. The van der Waals surface area contributed by atoms with Crippen LogP contribution in [0.5, 0.6) is 0 Å². The van der Waals surface area contributed by atoms with E-state index in [1.54, 1.807) is 0 Å². The van der Waals surface area contributed by atoms with Gasteiger partial charge in [-0.05, 0) is 80.7 Å². The second-order valence-corrected chi connectivity index (χ2v) is 14.1. The van der Waals surface area contributed by atoms with E-state index >= 15 is 0 Å². The molecule has 9 rings (SSSR count). The minimum atomic E-state index is -0.0918. The van der Waals surface area contributed by atoms with E-state index in [0.29, 0.717) is 5.92 Å². The minimum Gasteiger partial charge on any atom is -0.350 e. The van der Waals surface area contributed by atoms with Gasteiger partial charge in [0.1, 0.15) is 18.2 Å². The molecule has 0 radical (unpaired) electrons. The Labute approximate surface area is 283 Å². The number of amidine groups is 1. The molecule has 1 heterocycles. The van der Waals surface area contributed by atoms with Crippen LogP contribution in [-0.4, -0.2) is 17.8 Å². The lowest BCUT2D eigenvalue weighted by Gasteiger charge is -2.39. The summed E-state index contributed by atoms with van der Waals surface area (Å²) in [5, 5.41) is 3.78. The molecule has 3 heteroatoms. The van der Waals surface area contributed by atoms with Crippen LogP contribution in [0.3, 0.4) is 0 Å². The maximum Gasteiger partial charge on any atom is 0.132 e. The quantitative estimate of drug-likeness (QED) is 0.212. The van der Waals surface area contributed by atoms with Gasteiger partial charge < -0.3 is 5.32 Å². The van der Waals surface area contributed by atoms with Crippen LogP contribution >= 0.6 is 0 Å². The first-order chi connectivity index (χ1) is 23.5. The van der Waals surface area contributed by atoms with Crippen LogP contribution in [0, 0.1) is 0 Å². The van der Waals surface area contributed by atoms with E-state index in [1.165, 1.54) is 61.2 Å². The molecular formula is C45H39N3. The Kier molecular flexibility index (Phi) is 6.74. The van der Waals surface area contributed by atoms with Crippen molar-refractivity contribution in [1.82, 2.24) is 10.2 Å². The van der Waals surface area contributed by atoms with Crippen LogP contribution in [0.25, 0.3) is 22.3 Å². The molecule has 48 heavy (non-hydrogen) atoms. The topological polar surface area (TPSA) is 27.6 Å². The van der Waals surface area contributed by atoms with Crippen molar-refractivity contribution in [2.45, 2.75) is 43.9 Å². The first-order valence-electron chi connectivity index (χ1n) is 17.1. The predicted molar refractivity (Wildman–Crippen MR) is 197 cm³/mol. The lowest BCUT2D eigenvalue weighted by molar-refractivity contribution is 0.152. The van der Waals surface area contributed by atoms with Gasteiger partial charge in [0.25, 0.3) is 0 Å². The maximum absolute atomic E-state index is 5.20. The van der Waals surface area contributed by atoms with Crippen LogP contribution in [0.4, 0.5) is 0 Å². The summed E-state index contributed by atoms with van der Waals surface area (Å²) in [5.74, 6) is 1.22. The van der Waals surface area contributed by atoms with Gasteiger partial charge in [-0.1, -0.05) is 153 Å². The zero-order chi connectivity index (χ0) is 32.4. The fourth-order valence-electron chi connectivity index (χ4n) is 8.43. The van der Waals surface area contributed by atoms with E-state index in [4.69, 9.17) is 4.99 Å². The molecular weight excluding hydrogens is 583 g/mol. The Bertz CT molecular complexity index is 2180. The van der Waals surface area contributed by atoms with Gasteiger partial charge in [-0.2, -0.15) is 0 Å². The van der Waals surface area contributed by atoms with Crippen molar-refractivity contribution in [3.05, 3.63) is 190 Å². The molecule has 0 saturated heterocycles. The van der Waals surface area contributed by atoms with Crippen LogP contribution in [0.15, 0.2) is 151 Å². The SMILES string of the molecule is CN1C(c2ccccc2)N=C(c2ccccc2)NC1c1ccc(C2Cc3cc4c(cc3-c3ccccc32)C(C)(C)c2ccccc2-4)cc1. The Balaban J connectivity index is 1.08. The highest BCUT2D eigenvalue weighted by Crippen LogP contribution is 2.53. The van der Waals surface area contributed by atoms with E-state index in [1.807, 2.05) is 0 Å². The fourth-order valence-corrected chi connectivity index (χ4v) is 8.43. The van der Waals surface area contributed by atoms with Crippen LogP contribution in [-0.2, 0) is 11.8 Å². The third-order valence-electron chi connectivity index (χ3n) is 11.0. The van der Waals surface area contributed by atoms with Crippen LogP contribution < -0.4 is 5.32 Å². The van der Waals surface area contributed by atoms with Crippen molar-refractivity contribution in [2.75, 3.05) is 7.05 Å². The van der Waals surface area contributed by atoms with Gasteiger partial charge in [0.2, 0.25) is 0 Å². The van der Waals surface area contributed by atoms with Crippen molar-refractivity contribution < 1.29 is 0 Å². The lowest BCUT2D eigenvalue weighted by atomic mass is 9.73. The molecule has 0 saturated carbocycles. The molecule has 2 aliphatic carbocycles. The Morgan fingerprint density at radius 2 is 1.25 bits per heavy atom. The smallest absolute Gasteiger partial charge is 0.132 e. The maximum atomic E-state index is 5.20. The molecule has 6 aromatic rings. The lowest BCUT2D eigenvalue weighted by Crippen LogP contribution is -2.45. The van der Waals surface area contributed by atoms with Crippen molar-refractivity contribution in [3.63, 3.8) is 0 Å². The van der Waals surface area contributed by atoms with Gasteiger partial charge in [-0.25, -0.2) is 4.99 Å². The van der Waals surface area contributed by atoms with Gasteiger partial charge >= 0.3 is 0 Å². The van der Waals surface area contributed by atoms with Gasteiger partial charge in [0.05, 0.1) is 0 Å². The van der Waals surface area contributed by atoms with E-state index < -0.39 is 0 Å². The molecule has 0 fully saturated rings. The number of fused-ring (bicyclic) bond motifs is 6. The van der Waals surface area contributed by atoms with Crippen LogP contribution in [0.1, 0.15) is 76.6 Å². The summed E-state index contributed by atoms with van der Waals surface area (Å²) in [5.41, 5.74) is 16.1. The number of aliphatic imine (C=N–C) groups is 1. The highest BCUT2D eigenvalue weighted by molar-refractivity contribution is 5.99. The normalized spacial score (nSPS) is 20.5. The van der Waals surface area contributed by atoms with Crippen molar-refractivity contribution >= 4 is 5.84 Å². The summed E-state index contributed by atoms with van der Waals surface area (Å²) < 4.78 is 0. The van der Waals surface area contributed by atoms with Gasteiger partial charge in [0, 0.05) is 16.9 Å². The van der Waals surface area contributed by atoms with Gasteiger partial charge in [-0.3, -0.25) is 4.90 Å². The molecule has 6 aromatic carbocycles. The minimum absolute atomic E-state index is 0.00645. The molecule has 3 atom stereocenters. The van der Waals surface area contributed by atoms with Crippen molar-refractivity contribution in [3.8, 4) is 22.3 Å². The largest absolute Gasteiger partial charge is 0.350 e. The Morgan fingerprint density at radius 3 is 2.02 bits per heavy atom. The van der Waals surface area contributed by atoms with Crippen molar-refractivity contribution in [2.24, 2.45) is 4.99 Å². The molecule has 3 aliphatic rings.